The van der Waals surface area contributed by atoms with Crippen LogP contribution in [0.25, 0.3) is 0 Å². The quantitative estimate of drug-likeness (QED) is 0.650. The fourth-order valence-electron chi connectivity index (χ4n) is 3.12. The molecule has 0 atom stereocenters. The molecule has 8 nitrogen and oxygen atoms in total. The smallest absolute Gasteiger partial charge is 0.255 e. The number of anilines is 2. The number of nitrogens with zero attached hydrogens (tertiary/aromatic N) is 1. The molecule has 0 aliphatic carbocycles. The Hall–Kier alpha value is -2.75. The Morgan fingerprint density at radius 2 is 1.52 bits per heavy atom. The molecule has 166 valence electrons. The number of unbranched alkanes of at least 4 members (excludes halogenated alkanes) is 1. The van der Waals surface area contributed by atoms with Gasteiger partial charge in [0.05, 0.1) is 18.1 Å². The summed E-state index contributed by atoms with van der Waals surface area (Å²) in [4.78, 5) is 24.4. The summed E-state index contributed by atoms with van der Waals surface area (Å²) in [5.74, 6) is -0.376. The fraction of sp³-hybridized carbons (Fsp3) is 0.364. The second-order valence-corrected chi connectivity index (χ2v) is 9.16. The van der Waals surface area contributed by atoms with Gasteiger partial charge in [-0.15, -0.1) is 0 Å². The first kappa shape index (κ1) is 22.9. The second-order valence-electron chi connectivity index (χ2n) is 7.22. The van der Waals surface area contributed by atoms with E-state index >= 15 is 0 Å². The lowest BCUT2D eigenvalue weighted by Crippen LogP contribution is -2.40. The molecule has 2 aromatic rings. The average Bonchev–Trinajstić information content (AvgIpc) is 2.79. The molecule has 31 heavy (non-hydrogen) atoms. The highest BCUT2D eigenvalue weighted by Crippen LogP contribution is 2.20. The molecule has 2 N–H and O–H groups in total. The molecule has 1 aliphatic rings. The van der Waals surface area contributed by atoms with Crippen LogP contribution in [-0.4, -0.2) is 50.8 Å². The summed E-state index contributed by atoms with van der Waals surface area (Å²) in [6.07, 6.45) is 2.25. The summed E-state index contributed by atoms with van der Waals surface area (Å²) >= 11 is 0. The van der Waals surface area contributed by atoms with Crippen molar-refractivity contribution < 1.29 is 22.7 Å². The Balaban J connectivity index is 1.59. The maximum atomic E-state index is 12.7. The minimum absolute atomic E-state index is 0.0498. The van der Waals surface area contributed by atoms with Gasteiger partial charge in [-0.1, -0.05) is 13.3 Å². The molecular weight excluding hydrogens is 418 g/mol. The number of carbonyl (C=O) groups is 2. The zero-order valence-corrected chi connectivity index (χ0v) is 18.3. The number of amides is 2. The van der Waals surface area contributed by atoms with Crippen LogP contribution in [0.1, 0.15) is 36.5 Å². The molecule has 2 amide bonds. The van der Waals surface area contributed by atoms with E-state index < -0.39 is 10.0 Å². The molecule has 3 rings (SSSR count). The van der Waals surface area contributed by atoms with E-state index in [1.807, 2.05) is 6.92 Å². The number of morpholine rings is 1. The predicted octanol–water partition coefficient (Wildman–Crippen LogP) is 3.09. The van der Waals surface area contributed by atoms with Gasteiger partial charge in [-0.25, -0.2) is 8.42 Å². The van der Waals surface area contributed by atoms with Crippen molar-refractivity contribution in [2.45, 2.75) is 31.1 Å². The Morgan fingerprint density at radius 3 is 2.13 bits per heavy atom. The van der Waals surface area contributed by atoms with Crippen LogP contribution >= 0.6 is 0 Å². The van der Waals surface area contributed by atoms with Gasteiger partial charge in [0.2, 0.25) is 15.9 Å². The minimum Gasteiger partial charge on any atom is -0.379 e. The number of rotatable bonds is 8. The third-order valence-electron chi connectivity index (χ3n) is 4.91. The summed E-state index contributed by atoms with van der Waals surface area (Å²) in [7, 11) is -3.57. The summed E-state index contributed by atoms with van der Waals surface area (Å²) in [5.41, 5.74) is 1.55. The van der Waals surface area contributed by atoms with E-state index in [2.05, 4.69) is 10.6 Å². The van der Waals surface area contributed by atoms with Crippen LogP contribution < -0.4 is 10.6 Å². The molecule has 0 saturated carbocycles. The Bertz CT molecular complexity index is 998. The van der Waals surface area contributed by atoms with Gasteiger partial charge in [0.25, 0.3) is 5.91 Å². The number of hydrogen-bond acceptors (Lipinski definition) is 5. The second kappa shape index (κ2) is 10.5. The number of hydrogen-bond donors (Lipinski definition) is 2. The van der Waals surface area contributed by atoms with Crippen molar-refractivity contribution >= 4 is 33.2 Å². The highest BCUT2D eigenvalue weighted by atomic mass is 32.2. The van der Waals surface area contributed by atoms with Crippen molar-refractivity contribution in [2.24, 2.45) is 0 Å². The first-order valence-corrected chi connectivity index (χ1v) is 11.7. The number of carbonyl (C=O) groups excluding carboxylic acids is 2. The van der Waals surface area contributed by atoms with Gasteiger partial charge in [0, 0.05) is 36.4 Å². The lowest BCUT2D eigenvalue weighted by molar-refractivity contribution is -0.116. The predicted molar refractivity (Wildman–Crippen MR) is 119 cm³/mol. The SMILES string of the molecule is CCCCC(=O)Nc1ccc(C(=O)Nc2ccc(S(=O)(=O)N3CCOCC3)cc2)cc1. The fourth-order valence-corrected chi connectivity index (χ4v) is 4.52. The van der Waals surface area contributed by atoms with Gasteiger partial charge in [0.1, 0.15) is 0 Å². The molecule has 0 unspecified atom stereocenters. The molecule has 0 spiro atoms. The zero-order chi connectivity index (χ0) is 22.3. The molecule has 1 aliphatic heterocycles. The lowest BCUT2D eigenvalue weighted by Gasteiger charge is -2.26. The van der Waals surface area contributed by atoms with E-state index in [1.54, 1.807) is 36.4 Å². The summed E-state index contributed by atoms with van der Waals surface area (Å²) < 4.78 is 31.9. The Kier molecular flexibility index (Phi) is 7.78. The third kappa shape index (κ3) is 6.13. The van der Waals surface area contributed by atoms with Gasteiger partial charge in [-0.05, 0) is 55.0 Å². The molecule has 0 aromatic heterocycles. The summed E-state index contributed by atoms with van der Waals surface area (Å²) in [5, 5.41) is 5.55. The first-order valence-electron chi connectivity index (χ1n) is 10.3. The average molecular weight is 446 g/mol. The van der Waals surface area contributed by atoms with Crippen molar-refractivity contribution in [1.82, 2.24) is 4.31 Å². The van der Waals surface area contributed by atoms with Crippen LogP contribution in [0.3, 0.4) is 0 Å². The van der Waals surface area contributed by atoms with Gasteiger partial charge in [-0.2, -0.15) is 4.31 Å². The largest absolute Gasteiger partial charge is 0.379 e. The van der Waals surface area contributed by atoms with E-state index in [0.29, 0.717) is 49.7 Å². The van der Waals surface area contributed by atoms with Crippen molar-refractivity contribution in [3.8, 4) is 0 Å². The van der Waals surface area contributed by atoms with E-state index in [0.717, 1.165) is 12.8 Å². The summed E-state index contributed by atoms with van der Waals surface area (Å²) in [6.45, 7) is 3.45. The van der Waals surface area contributed by atoms with Crippen molar-refractivity contribution in [1.29, 1.82) is 0 Å². The van der Waals surface area contributed by atoms with Crippen LogP contribution in [0.4, 0.5) is 11.4 Å². The van der Waals surface area contributed by atoms with Crippen LogP contribution in [0.2, 0.25) is 0 Å². The van der Waals surface area contributed by atoms with E-state index in [-0.39, 0.29) is 16.7 Å². The molecule has 9 heteroatoms. The maximum Gasteiger partial charge on any atom is 0.255 e. The summed E-state index contributed by atoms with van der Waals surface area (Å²) in [6, 6.07) is 12.7. The highest BCUT2D eigenvalue weighted by molar-refractivity contribution is 7.89. The van der Waals surface area contributed by atoms with Crippen molar-refractivity contribution in [2.75, 3.05) is 36.9 Å². The number of ether oxygens (including phenoxy) is 1. The zero-order valence-electron chi connectivity index (χ0n) is 17.5. The number of nitrogens with one attached hydrogen (secondary N) is 2. The van der Waals surface area contributed by atoms with Crippen LogP contribution in [0.5, 0.6) is 0 Å². The van der Waals surface area contributed by atoms with Crippen molar-refractivity contribution in [3.05, 3.63) is 54.1 Å². The van der Waals surface area contributed by atoms with Gasteiger partial charge in [0.15, 0.2) is 0 Å². The molecule has 1 fully saturated rings. The van der Waals surface area contributed by atoms with Gasteiger partial charge in [-0.3, -0.25) is 9.59 Å². The standard InChI is InChI=1S/C22H27N3O5S/c1-2-3-4-21(26)23-18-7-5-17(6-8-18)22(27)24-19-9-11-20(12-10-19)31(28,29)25-13-15-30-16-14-25/h5-12H,2-4,13-16H2,1H3,(H,23,26)(H,24,27). The molecule has 2 aromatic carbocycles. The van der Waals surface area contributed by atoms with E-state index in [9.17, 15) is 18.0 Å². The number of benzene rings is 2. The minimum atomic E-state index is -3.57. The lowest BCUT2D eigenvalue weighted by atomic mass is 10.1. The molecule has 1 heterocycles. The molecule has 1 saturated heterocycles. The topological polar surface area (TPSA) is 105 Å². The van der Waals surface area contributed by atoms with Gasteiger partial charge >= 0.3 is 0 Å². The third-order valence-corrected chi connectivity index (χ3v) is 6.82. The highest BCUT2D eigenvalue weighted by Gasteiger charge is 2.26. The van der Waals surface area contributed by atoms with Crippen LogP contribution in [0.15, 0.2) is 53.4 Å². The Labute approximate surface area is 182 Å². The van der Waals surface area contributed by atoms with Crippen LogP contribution in [0, 0.1) is 0 Å². The van der Waals surface area contributed by atoms with E-state index in [1.165, 1.54) is 16.4 Å². The van der Waals surface area contributed by atoms with Crippen molar-refractivity contribution in [3.63, 3.8) is 0 Å². The maximum absolute atomic E-state index is 12.7. The van der Waals surface area contributed by atoms with Crippen LogP contribution in [-0.2, 0) is 19.6 Å². The molecule has 0 radical (unpaired) electrons. The molecular formula is C22H27N3O5S. The van der Waals surface area contributed by atoms with E-state index in [4.69, 9.17) is 4.74 Å². The monoisotopic (exact) mass is 445 g/mol. The normalized spacial score (nSPS) is 14.7. The number of sulfonamides is 1. The molecule has 0 bridgehead atoms. The van der Waals surface area contributed by atoms with Gasteiger partial charge < -0.3 is 15.4 Å². The Morgan fingerprint density at radius 1 is 0.935 bits per heavy atom. The first-order chi connectivity index (χ1) is 14.9.